The van der Waals surface area contributed by atoms with E-state index in [1.807, 2.05) is 0 Å². The van der Waals surface area contributed by atoms with Gasteiger partial charge >= 0.3 is 0 Å². The SMILES string of the molecule is CCNC(c1cncc(F)c1)C(C)(CC)N1CCCC1. The van der Waals surface area contributed by atoms with Crippen LogP contribution < -0.4 is 5.32 Å². The number of aromatic nitrogens is 1. The molecule has 20 heavy (non-hydrogen) atoms. The van der Waals surface area contributed by atoms with Gasteiger partial charge in [-0.1, -0.05) is 13.8 Å². The van der Waals surface area contributed by atoms with E-state index < -0.39 is 0 Å². The standard InChI is InChI=1S/C16H26FN3/c1-4-16(3,20-8-6-7-9-20)15(19-5-2)13-10-14(17)12-18-11-13/h10-12,15,19H,4-9H2,1-3H3. The Labute approximate surface area is 121 Å². The molecule has 1 aromatic heterocycles. The predicted octanol–water partition coefficient (Wildman–Crippen LogP) is 3.14. The molecule has 3 nitrogen and oxygen atoms in total. The first-order valence-electron chi connectivity index (χ1n) is 7.70. The van der Waals surface area contributed by atoms with Crippen LogP contribution in [0.3, 0.4) is 0 Å². The van der Waals surface area contributed by atoms with Crippen molar-refractivity contribution in [2.24, 2.45) is 0 Å². The summed E-state index contributed by atoms with van der Waals surface area (Å²) in [5, 5.41) is 3.55. The maximum absolute atomic E-state index is 13.5. The Kier molecular flexibility index (Phi) is 5.11. The van der Waals surface area contributed by atoms with Crippen molar-refractivity contribution in [3.8, 4) is 0 Å². The number of pyridine rings is 1. The van der Waals surface area contributed by atoms with Gasteiger partial charge in [-0.25, -0.2) is 4.39 Å². The van der Waals surface area contributed by atoms with Crippen molar-refractivity contribution in [2.45, 2.75) is 51.6 Å². The minimum atomic E-state index is -0.259. The average molecular weight is 279 g/mol. The summed E-state index contributed by atoms with van der Waals surface area (Å²) in [6.07, 6.45) is 6.61. The van der Waals surface area contributed by atoms with Gasteiger partial charge < -0.3 is 5.32 Å². The monoisotopic (exact) mass is 279 g/mol. The van der Waals surface area contributed by atoms with Crippen molar-refractivity contribution >= 4 is 0 Å². The van der Waals surface area contributed by atoms with Crippen LogP contribution in [-0.4, -0.2) is 35.1 Å². The Bertz CT molecular complexity index is 431. The normalized spacial score (nSPS) is 20.8. The number of hydrogen-bond donors (Lipinski definition) is 1. The zero-order valence-corrected chi connectivity index (χ0v) is 12.8. The highest BCUT2D eigenvalue weighted by molar-refractivity contribution is 5.20. The molecule has 2 atom stereocenters. The van der Waals surface area contributed by atoms with Gasteiger partial charge in [0.05, 0.1) is 12.2 Å². The lowest BCUT2D eigenvalue weighted by Gasteiger charge is -2.45. The molecular formula is C16H26FN3. The maximum Gasteiger partial charge on any atom is 0.141 e. The number of rotatable bonds is 6. The van der Waals surface area contributed by atoms with E-state index in [-0.39, 0.29) is 17.4 Å². The molecule has 1 saturated heterocycles. The first kappa shape index (κ1) is 15.4. The second-order valence-corrected chi connectivity index (χ2v) is 5.83. The molecule has 1 N–H and O–H groups in total. The van der Waals surface area contributed by atoms with Crippen molar-refractivity contribution < 1.29 is 4.39 Å². The van der Waals surface area contributed by atoms with Crippen molar-refractivity contribution in [1.82, 2.24) is 15.2 Å². The number of hydrogen-bond acceptors (Lipinski definition) is 3. The summed E-state index contributed by atoms with van der Waals surface area (Å²) in [6.45, 7) is 9.74. The zero-order chi connectivity index (χ0) is 14.6. The van der Waals surface area contributed by atoms with Gasteiger partial charge in [0, 0.05) is 11.7 Å². The van der Waals surface area contributed by atoms with Crippen LogP contribution in [0.2, 0.25) is 0 Å². The minimum Gasteiger partial charge on any atom is -0.309 e. The Morgan fingerprint density at radius 3 is 2.60 bits per heavy atom. The highest BCUT2D eigenvalue weighted by Gasteiger charge is 2.40. The first-order valence-corrected chi connectivity index (χ1v) is 7.70. The highest BCUT2D eigenvalue weighted by Crippen LogP contribution is 2.36. The molecular weight excluding hydrogens is 253 g/mol. The van der Waals surface area contributed by atoms with Gasteiger partial charge in [-0.05, 0) is 57.5 Å². The molecule has 2 heterocycles. The van der Waals surface area contributed by atoms with Gasteiger partial charge in [0.2, 0.25) is 0 Å². The molecule has 0 bridgehead atoms. The Morgan fingerprint density at radius 2 is 2.05 bits per heavy atom. The summed E-state index contributed by atoms with van der Waals surface area (Å²) >= 11 is 0. The first-order chi connectivity index (χ1) is 9.61. The van der Waals surface area contributed by atoms with Crippen LogP contribution in [0.4, 0.5) is 4.39 Å². The molecule has 2 unspecified atom stereocenters. The summed E-state index contributed by atoms with van der Waals surface area (Å²) in [7, 11) is 0. The summed E-state index contributed by atoms with van der Waals surface area (Å²) in [5.74, 6) is -0.259. The number of likely N-dealkylation sites (tertiary alicyclic amines) is 1. The Morgan fingerprint density at radius 1 is 1.35 bits per heavy atom. The van der Waals surface area contributed by atoms with Gasteiger partial charge in [0.15, 0.2) is 0 Å². The van der Waals surface area contributed by atoms with Crippen molar-refractivity contribution in [2.75, 3.05) is 19.6 Å². The van der Waals surface area contributed by atoms with E-state index in [4.69, 9.17) is 0 Å². The second kappa shape index (κ2) is 6.64. The van der Waals surface area contributed by atoms with E-state index >= 15 is 0 Å². The summed E-state index contributed by atoms with van der Waals surface area (Å²) < 4.78 is 13.5. The van der Waals surface area contributed by atoms with Crippen molar-refractivity contribution in [3.05, 3.63) is 29.8 Å². The molecule has 0 aromatic carbocycles. The van der Waals surface area contributed by atoms with Crippen molar-refractivity contribution in [1.29, 1.82) is 0 Å². The molecule has 1 aromatic rings. The lowest BCUT2D eigenvalue weighted by atomic mass is 9.83. The summed E-state index contributed by atoms with van der Waals surface area (Å²) in [5.41, 5.74) is 0.949. The predicted molar refractivity (Wildman–Crippen MR) is 80.1 cm³/mol. The molecule has 0 aliphatic carbocycles. The molecule has 0 amide bonds. The second-order valence-electron chi connectivity index (χ2n) is 5.83. The lowest BCUT2D eigenvalue weighted by molar-refractivity contribution is 0.0844. The third-order valence-corrected chi connectivity index (χ3v) is 4.63. The minimum absolute atomic E-state index is 0.00197. The van der Waals surface area contributed by atoms with Crippen LogP contribution in [0, 0.1) is 5.82 Å². The van der Waals surface area contributed by atoms with Crippen LogP contribution >= 0.6 is 0 Å². The molecule has 4 heteroatoms. The molecule has 1 aliphatic rings. The fourth-order valence-electron chi connectivity index (χ4n) is 3.33. The number of likely N-dealkylation sites (N-methyl/N-ethyl adjacent to an activating group) is 1. The Balaban J connectivity index is 2.34. The smallest absolute Gasteiger partial charge is 0.141 e. The van der Waals surface area contributed by atoms with E-state index in [0.717, 1.165) is 31.6 Å². The molecule has 0 radical (unpaired) electrons. The number of halogens is 1. The Hall–Kier alpha value is -1.00. The van der Waals surface area contributed by atoms with E-state index in [1.165, 1.54) is 19.0 Å². The van der Waals surface area contributed by atoms with Gasteiger partial charge in [-0.3, -0.25) is 9.88 Å². The third-order valence-electron chi connectivity index (χ3n) is 4.63. The maximum atomic E-state index is 13.5. The third kappa shape index (κ3) is 3.01. The summed E-state index contributed by atoms with van der Waals surface area (Å²) in [6, 6.07) is 1.73. The van der Waals surface area contributed by atoms with Crippen LogP contribution in [0.5, 0.6) is 0 Å². The zero-order valence-electron chi connectivity index (χ0n) is 12.8. The van der Waals surface area contributed by atoms with E-state index in [1.54, 1.807) is 12.3 Å². The van der Waals surface area contributed by atoms with Crippen molar-refractivity contribution in [3.63, 3.8) is 0 Å². The van der Waals surface area contributed by atoms with Crippen LogP contribution in [0.1, 0.15) is 51.6 Å². The molecule has 2 rings (SSSR count). The quantitative estimate of drug-likeness (QED) is 0.867. The molecule has 0 saturated carbocycles. The van der Waals surface area contributed by atoms with E-state index in [9.17, 15) is 4.39 Å². The largest absolute Gasteiger partial charge is 0.309 e. The topological polar surface area (TPSA) is 28.2 Å². The fraction of sp³-hybridized carbons (Fsp3) is 0.688. The van der Waals surface area contributed by atoms with Crippen LogP contribution in [-0.2, 0) is 0 Å². The number of nitrogens with one attached hydrogen (secondary N) is 1. The molecule has 1 fully saturated rings. The average Bonchev–Trinajstić information content (AvgIpc) is 2.98. The van der Waals surface area contributed by atoms with E-state index in [0.29, 0.717) is 0 Å². The highest BCUT2D eigenvalue weighted by atomic mass is 19.1. The van der Waals surface area contributed by atoms with Gasteiger partial charge in [-0.15, -0.1) is 0 Å². The lowest BCUT2D eigenvalue weighted by Crippen LogP contribution is -2.53. The van der Waals surface area contributed by atoms with Gasteiger partial charge in [0.25, 0.3) is 0 Å². The van der Waals surface area contributed by atoms with E-state index in [2.05, 4.69) is 36.0 Å². The van der Waals surface area contributed by atoms with Crippen LogP contribution in [0.15, 0.2) is 18.5 Å². The van der Waals surface area contributed by atoms with Crippen LogP contribution in [0.25, 0.3) is 0 Å². The molecule has 0 spiro atoms. The van der Waals surface area contributed by atoms with Gasteiger partial charge in [0.1, 0.15) is 5.82 Å². The number of nitrogens with zero attached hydrogens (tertiary/aromatic N) is 2. The summed E-state index contributed by atoms with van der Waals surface area (Å²) in [4.78, 5) is 6.58. The molecule has 1 aliphatic heterocycles. The van der Waals surface area contributed by atoms with Gasteiger partial charge in [-0.2, -0.15) is 0 Å². The molecule has 112 valence electrons. The fourth-order valence-corrected chi connectivity index (χ4v) is 3.33.